The molecule has 7 nitrogen and oxygen atoms in total. The van der Waals surface area contributed by atoms with Crippen LogP contribution in [0.25, 0.3) is 0 Å². The van der Waals surface area contributed by atoms with Gasteiger partial charge in [0.25, 0.3) is 0 Å². The van der Waals surface area contributed by atoms with Gasteiger partial charge in [-0.1, -0.05) is 13.3 Å². The van der Waals surface area contributed by atoms with Crippen LogP contribution in [0.5, 0.6) is 0 Å². The molecule has 22 heavy (non-hydrogen) atoms. The van der Waals surface area contributed by atoms with E-state index in [1.165, 1.54) is 11.3 Å². The van der Waals surface area contributed by atoms with Gasteiger partial charge in [0.15, 0.2) is 0 Å². The van der Waals surface area contributed by atoms with Crippen LogP contribution in [-0.2, 0) is 11.2 Å². The number of hydrogen-bond acceptors (Lipinski definition) is 8. The van der Waals surface area contributed by atoms with Crippen LogP contribution in [-0.4, -0.2) is 69.1 Å². The van der Waals surface area contributed by atoms with Crippen LogP contribution in [0.3, 0.4) is 0 Å². The number of aliphatic hydroxyl groups excluding tert-OH is 5. The Morgan fingerprint density at radius 2 is 1.82 bits per heavy atom. The second kappa shape index (κ2) is 9.19. The fourth-order valence-electron chi connectivity index (χ4n) is 1.76. The second-order valence-electron chi connectivity index (χ2n) is 4.91. The number of thiophene rings is 1. The van der Waals surface area contributed by atoms with Gasteiger partial charge in [0.1, 0.15) is 35.9 Å². The van der Waals surface area contributed by atoms with Crippen LogP contribution in [0.4, 0.5) is 0 Å². The number of ether oxygens (including phenoxy) is 1. The molecule has 0 saturated carbocycles. The molecule has 0 spiro atoms. The van der Waals surface area contributed by atoms with E-state index in [9.17, 15) is 25.2 Å². The summed E-state index contributed by atoms with van der Waals surface area (Å²) in [6, 6.07) is 3.46. The Morgan fingerprint density at radius 1 is 1.18 bits per heavy atom. The lowest BCUT2D eigenvalue weighted by Gasteiger charge is -2.25. The van der Waals surface area contributed by atoms with Gasteiger partial charge in [0, 0.05) is 4.88 Å². The van der Waals surface area contributed by atoms with E-state index < -0.39 is 43.6 Å². The maximum absolute atomic E-state index is 11.8. The van der Waals surface area contributed by atoms with Crippen molar-refractivity contribution in [2.75, 3.05) is 13.2 Å². The molecule has 4 atom stereocenters. The monoisotopic (exact) mass is 334 g/mol. The fraction of sp³-hybridized carbons (Fsp3) is 0.643. The van der Waals surface area contributed by atoms with Crippen LogP contribution < -0.4 is 0 Å². The zero-order chi connectivity index (χ0) is 16.7. The summed E-state index contributed by atoms with van der Waals surface area (Å²) in [5, 5.41) is 46.5. The van der Waals surface area contributed by atoms with E-state index in [0.717, 1.165) is 17.7 Å². The maximum atomic E-state index is 11.8. The highest BCUT2D eigenvalue weighted by Crippen LogP contribution is 2.19. The maximum Gasteiger partial charge on any atom is 0.348 e. The van der Waals surface area contributed by atoms with Crippen molar-refractivity contribution in [2.45, 2.75) is 44.2 Å². The van der Waals surface area contributed by atoms with Gasteiger partial charge in [-0.2, -0.15) is 0 Å². The quantitative estimate of drug-likeness (QED) is 0.378. The van der Waals surface area contributed by atoms with E-state index in [1.54, 1.807) is 6.07 Å². The Balaban J connectivity index is 2.48. The Hall–Kier alpha value is -1.03. The topological polar surface area (TPSA) is 127 Å². The molecular formula is C14H22O7S. The predicted molar refractivity (Wildman–Crippen MR) is 79.7 cm³/mol. The minimum Gasteiger partial charge on any atom is -0.459 e. The molecule has 1 rings (SSSR count). The van der Waals surface area contributed by atoms with E-state index in [0.29, 0.717) is 4.88 Å². The number of aryl methyl sites for hydroxylation is 1. The highest BCUT2D eigenvalue weighted by Gasteiger charge is 2.30. The first-order valence-electron chi connectivity index (χ1n) is 6.99. The minimum atomic E-state index is -1.74. The summed E-state index contributed by atoms with van der Waals surface area (Å²) in [5.74, 6) is -0.629. The van der Waals surface area contributed by atoms with Gasteiger partial charge in [0.05, 0.1) is 6.61 Å². The third-order valence-corrected chi connectivity index (χ3v) is 4.19. The van der Waals surface area contributed by atoms with Crippen LogP contribution in [0.15, 0.2) is 12.1 Å². The molecule has 0 radical (unpaired) electrons. The molecule has 0 aromatic carbocycles. The fourth-order valence-corrected chi connectivity index (χ4v) is 2.77. The lowest BCUT2D eigenvalue weighted by Crippen LogP contribution is -2.47. The molecule has 1 aromatic heterocycles. The average molecular weight is 334 g/mol. The zero-order valence-corrected chi connectivity index (χ0v) is 13.1. The molecule has 0 bridgehead atoms. The molecular weight excluding hydrogens is 312 g/mol. The van der Waals surface area contributed by atoms with Gasteiger partial charge in [-0.05, 0) is 18.6 Å². The van der Waals surface area contributed by atoms with E-state index in [1.807, 2.05) is 13.0 Å². The van der Waals surface area contributed by atoms with Crippen LogP contribution >= 0.6 is 11.3 Å². The number of carbonyl (C=O) groups excluding carboxylic acids is 1. The predicted octanol–water partition coefficient (Wildman–Crippen LogP) is -0.707. The number of hydrogen-bond donors (Lipinski definition) is 5. The summed E-state index contributed by atoms with van der Waals surface area (Å²) in [5.41, 5.74) is 0. The number of rotatable bonds is 9. The largest absolute Gasteiger partial charge is 0.459 e. The number of aliphatic hydroxyl groups is 5. The van der Waals surface area contributed by atoms with Gasteiger partial charge in [0.2, 0.25) is 0 Å². The summed E-state index contributed by atoms with van der Waals surface area (Å²) in [6.07, 6.45) is -4.81. The van der Waals surface area contributed by atoms with Crippen molar-refractivity contribution in [1.82, 2.24) is 0 Å². The molecule has 0 aliphatic carbocycles. The van der Waals surface area contributed by atoms with Crippen molar-refractivity contribution in [3.05, 3.63) is 21.9 Å². The van der Waals surface area contributed by atoms with Gasteiger partial charge in [-0.3, -0.25) is 0 Å². The summed E-state index contributed by atoms with van der Waals surface area (Å²) in [7, 11) is 0. The first-order chi connectivity index (χ1) is 10.4. The molecule has 0 amide bonds. The Kier molecular flexibility index (Phi) is 7.94. The van der Waals surface area contributed by atoms with Gasteiger partial charge in [-0.25, -0.2) is 4.79 Å². The zero-order valence-electron chi connectivity index (χ0n) is 12.3. The molecule has 0 aliphatic heterocycles. The molecule has 0 fully saturated rings. The van der Waals surface area contributed by atoms with Crippen LogP contribution in [0.1, 0.15) is 27.9 Å². The molecule has 1 aromatic rings. The van der Waals surface area contributed by atoms with Crippen molar-refractivity contribution < 1.29 is 35.1 Å². The van der Waals surface area contributed by atoms with Gasteiger partial charge >= 0.3 is 5.97 Å². The van der Waals surface area contributed by atoms with Crippen molar-refractivity contribution >= 4 is 17.3 Å². The summed E-state index contributed by atoms with van der Waals surface area (Å²) < 4.78 is 4.87. The van der Waals surface area contributed by atoms with Crippen LogP contribution in [0.2, 0.25) is 0 Å². The number of esters is 1. The Labute approximate surface area is 132 Å². The molecule has 5 N–H and O–H groups in total. The van der Waals surface area contributed by atoms with Gasteiger partial charge < -0.3 is 30.3 Å². The van der Waals surface area contributed by atoms with E-state index in [4.69, 9.17) is 9.84 Å². The van der Waals surface area contributed by atoms with Crippen molar-refractivity contribution in [1.29, 1.82) is 0 Å². The third kappa shape index (κ3) is 5.31. The van der Waals surface area contributed by atoms with E-state index in [2.05, 4.69) is 0 Å². The van der Waals surface area contributed by atoms with Crippen molar-refractivity contribution in [3.63, 3.8) is 0 Å². The minimum absolute atomic E-state index is 0.390. The SMILES string of the molecule is CCCc1ccc(C(=O)OCC(O)C(O)C(O)C(O)CO)s1. The van der Waals surface area contributed by atoms with Crippen molar-refractivity contribution in [2.24, 2.45) is 0 Å². The molecule has 0 saturated heterocycles. The van der Waals surface area contributed by atoms with E-state index >= 15 is 0 Å². The summed E-state index contributed by atoms with van der Waals surface area (Å²) >= 11 is 1.30. The highest BCUT2D eigenvalue weighted by molar-refractivity contribution is 7.13. The molecule has 126 valence electrons. The first kappa shape index (κ1) is 19.0. The van der Waals surface area contributed by atoms with Crippen LogP contribution in [0, 0.1) is 0 Å². The summed E-state index contributed by atoms with van der Waals surface area (Å²) in [6.45, 7) is 0.734. The summed E-state index contributed by atoms with van der Waals surface area (Å²) in [4.78, 5) is 13.2. The standard InChI is InChI=1S/C14H22O7S/c1-2-3-8-4-5-11(22-8)14(20)21-7-10(17)13(19)12(18)9(16)6-15/h4-5,9-10,12-13,15-19H,2-3,6-7H2,1H3. The Morgan fingerprint density at radius 3 is 2.41 bits per heavy atom. The molecule has 8 heteroatoms. The normalized spacial score (nSPS) is 16.8. The second-order valence-corrected chi connectivity index (χ2v) is 6.08. The average Bonchev–Trinajstić information content (AvgIpc) is 2.99. The lowest BCUT2D eigenvalue weighted by molar-refractivity contribution is -0.124. The van der Waals surface area contributed by atoms with Crippen molar-refractivity contribution in [3.8, 4) is 0 Å². The highest BCUT2D eigenvalue weighted by atomic mass is 32.1. The van der Waals surface area contributed by atoms with E-state index in [-0.39, 0.29) is 0 Å². The smallest absolute Gasteiger partial charge is 0.348 e. The third-order valence-electron chi connectivity index (χ3n) is 3.07. The lowest BCUT2D eigenvalue weighted by atomic mass is 10.0. The Bertz CT molecular complexity index is 462. The first-order valence-corrected chi connectivity index (χ1v) is 7.81. The van der Waals surface area contributed by atoms with Gasteiger partial charge in [-0.15, -0.1) is 11.3 Å². The number of carbonyl (C=O) groups is 1. The molecule has 0 aliphatic rings. The molecule has 4 unspecified atom stereocenters. The molecule has 1 heterocycles.